The average Bonchev–Trinajstić information content (AvgIpc) is 2.43. The largest absolute Gasteiger partial charge is 0.493 e. The third-order valence-corrected chi connectivity index (χ3v) is 2.64. The van der Waals surface area contributed by atoms with Crippen LogP contribution in [-0.2, 0) is 0 Å². The molecule has 4 heteroatoms. The van der Waals surface area contributed by atoms with Gasteiger partial charge in [0.2, 0.25) is 0 Å². The first-order chi connectivity index (χ1) is 8.62. The molecule has 0 aliphatic heterocycles. The smallest absolute Gasteiger partial charge is 0.163 e. The number of benzene rings is 1. The van der Waals surface area contributed by atoms with Gasteiger partial charge in [-0.3, -0.25) is 4.79 Å². The number of hydrogen-bond acceptors (Lipinski definition) is 4. The summed E-state index contributed by atoms with van der Waals surface area (Å²) in [7, 11) is 3.06. The van der Waals surface area contributed by atoms with Crippen LogP contribution in [-0.4, -0.2) is 31.2 Å². The molecule has 0 aliphatic carbocycles. The van der Waals surface area contributed by atoms with E-state index in [1.807, 2.05) is 0 Å². The van der Waals surface area contributed by atoms with E-state index < -0.39 is 6.10 Å². The number of hydrogen-bond donors (Lipinski definition) is 1. The molecule has 1 aromatic rings. The highest BCUT2D eigenvalue weighted by Crippen LogP contribution is 2.28. The van der Waals surface area contributed by atoms with Crippen LogP contribution in [0.4, 0.5) is 0 Å². The van der Waals surface area contributed by atoms with E-state index in [-0.39, 0.29) is 12.2 Å². The number of ether oxygens (including phenoxy) is 2. The Balaban J connectivity index is 2.77. The molecule has 0 spiro atoms. The van der Waals surface area contributed by atoms with E-state index >= 15 is 0 Å². The van der Waals surface area contributed by atoms with Crippen LogP contribution >= 0.6 is 0 Å². The lowest BCUT2D eigenvalue weighted by Gasteiger charge is -2.09. The highest BCUT2D eigenvalue weighted by molar-refractivity contribution is 5.96. The SMILES string of the molecule is C=CC(O)CCC(=O)c1ccc(OC)c(OC)c1. The van der Waals surface area contributed by atoms with Gasteiger partial charge in [0, 0.05) is 12.0 Å². The van der Waals surface area contributed by atoms with Gasteiger partial charge in [-0.25, -0.2) is 0 Å². The molecule has 0 fully saturated rings. The van der Waals surface area contributed by atoms with Crippen molar-refractivity contribution in [1.82, 2.24) is 0 Å². The summed E-state index contributed by atoms with van der Waals surface area (Å²) in [4.78, 5) is 11.9. The monoisotopic (exact) mass is 250 g/mol. The van der Waals surface area contributed by atoms with E-state index in [4.69, 9.17) is 9.47 Å². The summed E-state index contributed by atoms with van der Waals surface area (Å²) in [6, 6.07) is 5.02. The van der Waals surface area contributed by atoms with Crippen molar-refractivity contribution in [2.24, 2.45) is 0 Å². The van der Waals surface area contributed by atoms with Gasteiger partial charge in [-0.05, 0) is 24.6 Å². The second kappa shape index (κ2) is 6.81. The second-order valence-corrected chi connectivity index (χ2v) is 3.83. The van der Waals surface area contributed by atoms with E-state index in [2.05, 4.69) is 6.58 Å². The number of carbonyl (C=O) groups is 1. The lowest BCUT2D eigenvalue weighted by molar-refractivity contribution is 0.0958. The molecule has 0 bridgehead atoms. The zero-order valence-electron chi connectivity index (χ0n) is 10.7. The van der Waals surface area contributed by atoms with E-state index in [0.717, 1.165) is 0 Å². The summed E-state index contributed by atoms with van der Waals surface area (Å²) in [6.07, 6.45) is 1.41. The first kappa shape index (κ1) is 14.3. The van der Waals surface area contributed by atoms with Crippen molar-refractivity contribution in [1.29, 1.82) is 0 Å². The predicted octanol–water partition coefficient (Wildman–Crippen LogP) is 2.21. The zero-order chi connectivity index (χ0) is 13.5. The summed E-state index contributed by atoms with van der Waals surface area (Å²) >= 11 is 0. The number of aliphatic hydroxyl groups is 1. The summed E-state index contributed by atoms with van der Waals surface area (Å²) < 4.78 is 10.2. The zero-order valence-corrected chi connectivity index (χ0v) is 10.7. The molecule has 1 atom stereocenters. The summed E-state index contributed by atoms with van der Waals surface area (Å²) in [5.74, 6) is 1.06. The molecule has 0 aromatic heterocycles. The Labute approximate surface area is 107 Å². The fourth-order valence-corrected chi connectivity index (χ4v) is 1.55. The van der Waals surface area contributed by atoms with Gasteiger partial charge in [0.05, 0.1) is 20.3 Å². The Hall–Kier alpha value is -1.81. The van der Waals surface area contributed by atoms with Crippen molar-refractivity contribution in [3.05, 3.63) is 36.4 Å². The number of Topliss-reactive ketones (excluding diaryl/α,β-unsaturated/α-hetero) is 1. The number of carbonyl (C=O) groups excluding carboxylic acids is 1. The minimum absolute atomic E-state index is 0.0446. The van der Waals surface area contributed by atoms with E-state index in [1.165, 1.54) is 13.2 Å². The predicted molar refractivity (Wildman–Crippen MR) is 69.3 cm³/mol. The van der Waals surface area contributed by atoms with Crippen LogP contribution < -0.4 is 9.47 Å². The molecular weight excluding hydrogens is 232 g/mol. The lowest BCUT2D eigenvalue weighted by Crippen LogP contribution is -2.07. The van der Waals surface area contributed by atoms with E-state index in [9.17, 15) is 9.90 Å². The Morgan fingerprint density at radius 1 is 1.39 bits per heavy atom. The number of methoxy groups -OCH3 is 2. The molecule has 4 nitrogen and oxygen atoms in total. The number of ketones is 1. The Morgan fingerprint density at radius 2 is 2.06 bits per heavy atom. The van der Waals surface area contributed by atoms with Crippen LogP contribution in [0.15, 0.2) is 30.9 Å². The first-order valence-corrected chi connectivity index (χ1v) is 5.68. The molecule has 0 amide bonds. The molecule has 0 saturated carbocycles. The Morgan fingerprint density at radius 3 is 2.61 bits per heavy atom. The van der Waals surface area contributed by atoms with Gasteiger partial charge in [-0.15, -0.1) is 6.58 Å². The van der Waals surface area contributed by atoms with Crippen LogP contribution in [0.25, 0.3) is 0 Å². The maximum atomic E-state index is 11.9. The molecule has 0 radical (unpaired) electrons. The van der Waals surface area contributed by atoms with Crippen molar-refractivity contribution < 1.29 is 19.4 Å². The highest BCUT2D eigenvalue weighted by Gasteiger charge is 2.11. The molecular formula is C14H18O4. The van der Waals surface area contributed by atoms with Crippen LogP contribution in [0.5, 0.6) is 11.5 Å². The molecule has 0 saturated heterocycles. The Kier molecular flexibility index (Phi) is 5.39. The summed E-state index contributed by atoms with van der Waals surface area (Å²) in [5, 5.41) is 9.32. The van der Waals surface area contributed by atoms with Crippen molar-refractivity contribution in [3.8, 4) is 11.5 Å². The van der Waals surface area contributed by atoms with Gasteiger partial charge < -0.3 is 14.6 Å². The summed E-state index contributed by atoms with van der Waals surface area (Å²) in [6.45, 7) is 3.46. The van der Waals surface area contributed by atoms with Crippen LogP contribution in [0.1, 0.15) is 23.2 Å². The normalized spacial score (nSPS) is 11.7. The molecule has 98 valence electrons. The van der Waals surface area contributed by atoms with Gasteiger partial charge in [-0.2, -0.15) is 0 Å². The number of rotatable bonds is 7. The minimum atomic E-state index is -0.644. The van der Waals surface area contributed by atoms with Crippen LogP contribution in [0.3, 0.4) is 0 Å². The maximum absolute atomic E-state index is 11.9. The lowest BCUT2D eigenvalue weighted by atomic mass is 10.0. The quantitative estimate of drug-likeness (QED) is 0.595. The third kappa shape index (κ3) is 3.60. The van der Waals surface area contributed by atoms with Crippen molar-refractivity contribution in [2.75, 3.05) is 14.2 Å². The molecule has 0 heterocycles. The Bertz CT molecular complexity index is 426. The van der Waals surface area contributed by atoms with Crippen molar-refractivity contribution in [2.45, 2.75) is 18.9 Å². The average molecular weight is 250 g/mol. The molecule has 1 aromatic carbocycles. The first-order valence-electron chi connectivity index (χ1n) is 5.68. The minimum Gasteiger partial charge on any atom is -0.493 e. The van der Waals surface area contributed by atoms with E-state index in [0.29, 0.717) is 23.5 Å². The maximum Gasteiger partial charge on any atom is 0.163 e. The van der Waals surface area contributed by atoms with Gasteiger partial charge in [0.25, 0.3) is 0 Å². The molecule has 1 unspecified atom stereocenters. The van der Waals surface area contributed by atoms with Crippen LogP contribution in [0.2, 0.25) is 0 Å². The molecule has 18 heavy (non-hydrogen) atoms. The van der Waals surface area contributed by atoms with Crippen molar-refractivity contribution >= 4 is 5.78 Å². The second-order valence-electron chi connectivity index (χ2n) is 3.83. The third-order valence-electron chi connectivity index (χ3n) is 2.64. The topological polar surface area (TPSA) is 55.8 Å². The fourth-order valence-electron chi connectivity index (χ4n) is 1.55. The van der Waals surface area contributed by atoms with Gasteiger partial charge in [0.15, 0.2) is 17.3 Å². The fraction of sp³-hybridized carbons (Fsp3) is 0.357. The molecule has 1 rings (SSSR count). The molecule has 1 N–H and O–H groups in total. The van der Waals surface area contributed by atoms with Gasteiger partial charge >= 0.3 is 0 Å². The molecule has 0 aliphatic rings. The standard InChI is InChI=1S/C14H18O4/c1-4-11(15)6-7-12(16)10-5-8-13(17-2)14(9-10)18-3/h4-5,8-9,11,15H,1,6-7H2,2-3H3. The highest BCUT2D eigenvalue weighted by atomic mass is 16.5. The van der Waals surface area contributed by atoms with E-state index in [1.54, 1.807) is 25.3 Å². The van der Waals surface area contributed by atoms with Gasteiger partial charge in [0.1, 0.15) is 0 Å². The van der Waals surface area contributed by atoms with Gasteiger partial charge in [-0.1, -0.05) is 6.08 Å². The number of aliphatic hydroxyl groups excluding tert-OH is 1. The van der Waals surface area contributed by atoms with Crippen molar-refractivity contribution in [3.63, 3.8) is 0 Å². The van der Waals surface area contributed by atoms with Crippen LogP contribution in [0, 0.1) is 0 Å². The summed E-state index contributed by atoms with van der Waals surface area (Å²) in [5.41, 5.74) is 0.545.